The van der Waals surface area contributed by atoms with Crippen LogP contribution in [-0.4, -0.2) is 22.2 Å². The third-order valence-electron chi connectivity index (χ3n) is 3.39. The van der Waals surface area contributed by atoms with Crippen molar-refractivity contribution in [3.63, 3.8) is 0 Å². The predicted molar refractivity (Wildman–Crippen MR) is 56.7 cm³/mol. The van der Waals surface area contributed by atoms with Crippen molar-refractivity contribution < 1.29 is 4.79 Å². The van der Waals surface area contributed by atoms with Gasteiger partial charge in [0.2, 0.25) is 5.91 Å². The first kappa shape index (κ1) is 8.76. The Hall–Kier alpha value is -1.52. The van der Waals surface area contributed by atoms with Gasteiger partial charge in [-0.2, -0.15) is 5.10 Å². The number of nitrogens with zero attached hydrogens (tertiary/aromatic N) is 2. The van der Waals surface area contributed by atoms with E-state index in [1.54, 1.807) is 4.68 Å². The number of carbonyl (C=O) groups is 1. The van der Waals surface area contributed by atoms with Gasteiger partial charge in [0, 0.05) is 13.6 Å². The molecule has 1 spiro atoms. The maximum absolute atomic E-state index is 11.9. The van der Waals surface area contributed by atoms with Gasteiger partial charge in [0.25, 0.3) is 0 Å². The highest BCUT2D eigenvalue weighted by Gasteiger charge is 2.51. The smallest absolute Gasteiger partial charge is 0.232 e. The van der Waals surface area contributed by atoms with Crippen LogP contribution in [0.3, 0.4) is 0 Å². The molecule has 1 aromatic heterocycles. The summed E-state index contributed by atoms with van der Waals surface area (Å²) in [5.41, 5.74) is 1.56. The Kier molecular flexibility index (Phi) is 1.48. The molecule has 3 rings (SSSR count). The van der Waals surface area contributed by atoms with Crippen molar-refractivity contribution in [1.29, 1.82) is 0 Å². The van der Waals surface area contributed by atoms with Crippen molar-refractivity contribution in [2.75, 3.05) is 17.2 Å². The van der Waals surface area contributed by atoms with Crippen LogP contribution >= 0.6 is 0 Å². The number of carbonyl (C=O) groups excluding carboxylic acids is 1. The molecule has 0 saturated heterocycles. The van der Waals surface area contributed by atoms with E-state index in [-0.39, 0.29) is 11.3 Å². The fourth-order valence-electron chi connectivity index (χ4n) is 2.14. The molecule has 0 aromatic carbocycles. The SMILES string of the molecule is Cc1nn(C)c2c1NC(=O)C1(CC1)CN2. The van der Waals surface area contributed by atoms with Crippen LogP contribution < -0.4 is 10.6 Å². The van der Waals surface area contributed by atoms with Gasteiger partial charge < -0.3 is 10.6 Å². The number of amides is 1. The van der Waals surface area contributed by atoms with Crippen molar-refractivity contribution in [2.45, 2.75) is 19.8 Å². The van der Waals surface area contributed by atoms with E-state index < -0.39 is 0 Å². The Balaban J connectivity index is 2.05. The van der Waals surface area contributed by atoms with E-state index in [9.17, 15) is 4.79 Å². The molecule has 2 N–H and O–H groups in total. The third kappa shape index (κ3) is 1.09. The minimum atomic E-state index is -0.147. The highest BCUT2D eigenvalue weighted by molar-refractivity contribution is 6.01. The average molecular weight is 206 g/mol. The summed E-state index contributed by atoms with van der Waals surface area (Å²) in [6.45, 7) is 2.64. The maximum atomic E-state index is 11.9. The lowest BCUT2D eigenvalue weighted by Crippen LogP contribution is -2.27. The number of rotatable bonds is 0. The van der Waals surface area contributed by atoms with Gasteiger partial charge in [0.05, 0.1) is 11.1 Å². The molecule has 1 saturated carbocycles. The molecule has 5 nitrogen and oxygen atoms in total. The van der Waals surface area contributed by atoms with Gasteiger partial charge in [-0.05, 0) is 19.8 Å². The highest BCUT2D eigenvalue weighted by atomic mass is 16.2. The summed E-state index contributed by atoms with van der Waals surface area (Å²) in [6, 6.07) is 0. The standard InChI is InChI=1S/C10H14N4O/c1-6-7-8(14(2)13-6)11-5-10(3-4-10)9(15)12-7/h11H,3-5H2,1-2H3,(H,12,15). The quantitative estimate of drug-likeness (QED) is 0.662. The second kappa shape index (κ2) is 2.53. The zero-order chi connectivity index (χ0) is 10.6. The van der Waals surface area contributed by atoms with Crippen LogP contribution in [0.15, 0.2) is 0 Å². The summed E-state index contributed by atoms with van der Waals surface area (Å²) < 4.78 is 1.78. The van der Waals surface area contributed by atoms with E-state index >= 15 is 0 Å². The summed E-state index contributed by atoms with van der Waals surface area (Å²) >= 11 is 0. The van der Waals surface area contributed by atoms with Gasteiger partial charge in [0.1, 0.15) is 11.5 Å². The largest absolute Gasteiger partial charge is 0.367 e. The van der Waals surface area contributed by atoms with Crippen molar-refractivity contribution in [3.8, 4) is 0 Å². The lowest BCUT2D eigenvalue weighted by atomic mass is 10.1. The number of aryl methyl sites for hydroxylation is 2. The van der Waals surface area contributed by atoms with E-state index in [1.807, 2.05) is 14.0 Å². The molecule has 0 unspecified atom stereocenters. The minimum absolute atomic E-state index is 0.143. The Morgan fingerprint density at radius 2 is 2.20 bits per heavy atom. The Morgan fingerprint density at radius 1 is 1.47 bits per heavy atom. The summed E-state index contributed by atoms with van der Waals surface area (Å²) in [5, 5.41) is 10.6. The molecule has 80 valence electrons. The molecule has 1 aromatic rings. The molecule has 1 fully saturated rings. The van der Waals surface area contributed by atoms with E-state index in [1.165, 1.54) is 0 Å². The van der Waals surface area contributed by atoms with Crippen molar-refractivity contribution in [3.05, 3.63) is 5.69 Å². The molecule has 1 aliphatic heterocycles. The number of nitrogens with one attached hydrogen (secondary N) is 2. The Bertz CT molecular complexity index is 445. The molecule has 2 aliphatic rings. The van der Waals surface area contributed by atoms with Gasteiger partial charge in [0.15, 0.2) is 0 Å². The van der Waals surface area contributed by atoms with Crippen LogP contribution in [0.1, 0.15) is 18.5 Å². The first-order valence-electron chi connectivity index (χ1n) is 5.21. The van der Waals surface area contributed by atoms with E-state index in [0.717, 1.165) is 36.6 Å². The van der Waals surface area contributed by atoms with Crippen molar-refractivity contribution in [1.82, 2.24) is 9.78 Å². The van der Waals surface area contributed by atoms with Crippen molar-refractivity contribution >= 4 is 17.4 Å². The van der Waals surface area contributed by atoms with Crippen LogP contribution in [0.5, 0.6) is 0 Å². The minimum Gasteiger partial charge on any atom is -0.367 e. The number of aromatic nitrogens is 2. The second-order valence-corrected chi connectivity index (χ2v) is 4.52. The van der Waals surface area contributed by atoms with Gasteiger partial charge in [-0.25, -0.2) is 0 Å². The molecular weight excluding hydrogens is 192 g/mol. The molecule has 1 amide bonds. The number of hydrogen-bond donors (Lipinski definition) is 2. The first-order valence-corrected chi connectivity index (χ1v) is 5.21. The Morgan fingerprint density at radius 3 is 2.87 bits per heavy atom. The van der Waals surface area contributed by atoms with Crippen LogP contribution in [0.2, 0.25) is 0 Å². The summed E-state index contributed by atoms with van der Waals surface area (Å²) in [5.74, 6) is 1.06. The third-order valence-corrected chi connectivity index (χ3v) is 3.39. The molecule has 0 radical (unpaired) electrons. The zero-order valence-electron chi connectivity index (χ0n) is 8.92. The van der Waals surface area contributed by atoms with Gasteiger partial charge in [-0.3, -0.25) is 9.48 Å². The number of fused-ring (bicyclic) bond motifs is 1. The maximum Gasteiger partial charge on any atom is 0.232 e. The molecule has 0 bridgehead atoms. The molecule has 15 heavy (non-hydrogen) atoms. The van der Waals surface area contributed by atoms with E-state index in [2.05, 4.69) is 15.7 Å². The lowest BCUT2D eigenvalue weighted by molar-refractivity contribution is -0.120. The predicted octanol–water partition coefficient (Wildman–Crippen LogP) is 0.873. The molecule has 0 atom stereocenters. The van der Waals surface area contributed by atoms with Gasteiger partial charge >= 0.3 is 0 Å². The van der Waals surface area contributed by atoms with Crippen LogP contribution in [0.4, 0.5) is 11.5 Å². The number of anilines is 2. The Labute approximate surface area is 87.8 Å². The summed E-state index contributed by atoms with van der Waals surface area (Å²) in [6.07, 6.45) is 1.98. The highest BCUT2D eigenvalue weighted by Crippen LogP contribution is 2.48. The lowest BCUT2D eigenvalue weighted by Gasteiger charge is -2.10. The van der Waals surface area contributed by atoms with E-state index in [0.29, 0.717) is 0 Å². The van der Waals surface area contributed by atoms with Gasteiger partial charge in [-0.1, -0.05) is 0 Å². The van der Waals surface area contributed by atoms with Gasteiger partial charge in [-0.15, -0.1) is 0 Å². The average Bonchev–Trinajstić information content (AvgIpc) is 2.93. The first-order chi connectivity index (χ1) is 7.12. The second-order valence-electron chi connectivity index (χ2n) is 4.52. The number of hydrogen-bond acceptors (Lipinski definition) is 3. The molecule has 2 heterocycles. The van der Waals surface area contributed by atoms with Crippen LogP contribution in [-0.2, 0) is 11.8 Å². The topological polar surface area (TPSA) is 59.0 Å². The summed E-state index contributed by atoms with van der Waals surface area (Å²) in [7, 11) is 1.88. The fraction of sp³-hybridized carbons (Fsp3) is 0.600. The fourth-order valence-corrected chi connectivity index (χ4v) is 2.14. The monoisotopic (exact) mass is 206 g/mol. The van der Waals surface area contributed by atoms with E-state index in [4.69, 9.17) is 0 Å². The van der Waals surface area contributed by atoms with Crippen LogP contribution in [0, 0.1) is 12.3 Å². The van der Waals surface area contributed by atoms with Crippen LogP contribution in [0.25, 0.3) is 0 Å². The normalized spacial score (nSPS) is 21.6. The van der Waals surface area contributed by atoms with Crippen molar-refractivity contribution in [2.24, 2.45) is 12.5 Å². The zero-order valence-corrected chi connectivity index (χ0v) is 8.92. The summed E-state index contributed by atoms with van der Waals surface area (Å²) in [4.78, 5) is 11.9. The molecule has 5 heteroatoms. The molecular formula is C10H14N4O. The molecule has 1 aliphatic carbocycles.